The molecule has 0 bridgehead atoms. The smallest absolute Gasteiger partial charge is 0.414 e. The topological polar surface area (TPSA) is 104 Å². The van der Waals surface area contributed by atoms with E-state index in [1.54, 1.807) is 6.07 Å². The van der Waals surface area contributed by atoms with Gasteiger partial charge in [-0.2, -0.15) is 0 Å². The number of amides is 2. The van der Waals surface area contributed by atoms with Crippen LogP contribution >= 0.6 is 11.6 Å². The number of nitrogens with one attached hydrogen (secondary N) is 1. The van der Waals surface area contributed by atoms with E-state index < -0.39 is 18.0 Å². The third kappa shape index (κ3) is 4.76. The summed E-state index contributed by atoms with van der Waals surface area (Å²) in [7, 11) is 0. The Morgan fingerprint density at radius 1 is 1.23 bits per heavy atom. The van der Waals surface area contributed by atoms with E-state index in [2.05, 4.69) is 20.3 Å². The number of ether oxygens (including phenoxy) is 1. The van der Waals surface area contributed by atoms with Crippen LogP contribution in [0.25, 0.3) is 0 Å². The van der Waals surface area contributed by atoms with Crippen molar-refractivity contribution in [2.45, 2.75) is 13.0 Å². The number of hydrogen-bond donors (Lipinski definition) is 1. The predicted octanol–water partition coefficient (Wildman–Crippen LogP) is 1.45. The molecule has 2 fully saturated rings. The fourth-order valence-electron chi connectivity index (χ4n) is 3.54. The molecule has 2 aromatic heterocycles. The maximum atomic E-state index is 14.8. The van der Waals surface area contributed by atoms with E-state index in [1.807, 2.05) is 9.80 Å². The van der Waals surface area contributed by atoms with Crippen molar-refractivity contribution in [3.8, 4) is 0 Å². The summed E-state index contributed by atoms with van der Waals surface area (Å²) >= 11 is 5.93. The quantitative estimate of drug-likeness (QED) is 0.684. The number of anilines is 3. The Hall–Kier alpha value is -3.21. The second kappa shape index (κ2) is 8.88. The lowest BCUT2D eigenvalue weighted by Crippen LogP contribution is -2.47. The maximum absolute atomic E-state index is 14.8. The molecule has 1 N–H and O–H groups in total. The highest BCUT2D eigenvalue weighted by Gasteiger charge is 2.33. The maximum Gasteiger partial charge on any atom is 0.414 e. The van der Waals surface area contributed by atoms with Crippen LogP contribution in [0.1, 0.15) is 6.92 Å². The second-order valence-electron chi connectivity index (χ2n) is 7.23. The van der Waals surface area contributed by atoms with Crippen molar-refractivity contribution >= 4 is 40.9 Å². The normalized spacial score (nSPS) is 18.9. The Bertz CT molecular complexity index is 987. The molecule has 4 heterocycles. The Balaban J connectivity index is 1.39. The Labute approximate surface area is 183 Å². The number of nitrogens with zero attached hydrogens (tertiary/aromatic N) is 6. The van der Waals surface area contributed by atoms with Gasteiger partial charge in [-0.15, -0.1) is 0 Å². The molecule has 2 aliphatic rings. The first-order valence-electron chi connectivity index (χ1n) is 9.76. The van der Waals surface area contributed by atoms with Crippen LogP contribution in [0.4, 0.5) is 26.5 Å². The van der Waals surface area contributed by atoms with Crippen molar-refractivity contribution < 1.29 is 18.7 Å². The van der Waals surface area contributed by atoms with E-state index in [4.69, 9.17) is 16.3 Å². The van der Waals surface area contributed by atoms with E-state index in [-0.39, 0.29) is 24.8 Å². The molecule has 0 aromatic carbocycles. The van der Waals surface area contributed by atoms with Gasteiger partial charge in [-0.05, 0) is 0 Å². The summed E-state index contributed by atoms with van der Waals surface area (Å²) < 4.78 is 20.1. The number of aromatic nitrogens is 3. The summed E-state index contributed by atoms with van der Waals surface area (Å²) in [6, 6.07) is 2.97. The van der Waals surface area contributed by atoms with Crippen LogP contribution in [0.2, 0.25) is 5.15 Å². The molecule has 12 heteroatoms. The Kier molecular flexibility index (Phi) is 6.03. The summed E-state index contributed by atoms with van der Waals surface area (Å²) in [5.41, 5.74) is 0.311. The van der Waals surface area contributed by atoms with Crippen molar-refractivity contribution in [3.63, 3.8) is 0 Å². The molecule has 10 nitrogen and oxygen atoms in total. The SMILES string of the molecule is CC(=O)NC[C@H]1CN(c2cnc(N3CCN(c4cc(Cl)ncn4)CC3)c(F)c2)C(=O)O1. The first-order chi connectivity index (χ1) is 14.9. The van der Waals surface area contributed by atoms with Gasteiger partial charge < -0.3 is 19.9 Å². The number of rotatable bonds is 5. The highest BCUT2D eigenvalue weighted by Crippen LogP contribution is 2.27. The van der Waals surface area contributed by atoms with Crippen LogP contribution in [0, 0.1) is 5.82 Å². The molecule has 0 spiro atoms. The molecular formula is C19H21ClFN7O3. The molecule has 164 valence electrons. The first-order valence-corrected chi connectivity index (χ1v) is 10.1. The van der Waals surface area contributed by atoms with E-state index in [0.29, 0.717) is 37.0 Å². The molecule has 0 aliphatic carbocycles. The van der Waals surface area contributed by atoms with Gasteiger partial charge in [-0.3, -0.25) is 9.69 Å². The van der Waals surface area contributed by atoms with Crippen LogP contribution in [0.15, 0.2) is 24.7 Å². The van der Waals surface area contributed by atoms with Crippen LogP contribution in [0.5, 0.6) is 0 Å². The zero-order valence-corrected chi connectivity index (χ0v) is 17.5. The lowest BCUT2D eigenvalue weighted by molar-refractivity contribution is -0.119. The minimum absolute atomic E-state index is 0.202. The number of carbonyl (C=O) groups excluding carboxylic acids is 2. The molecule has 0 radical (unpaired) electrons. The standard InChI is InChI=1S/C19H21ClFN7O3/c1-12(29)22-9-14-10-28(19(30)31-14)13-6-15(21)18(23-8-13)27-4-2-26(3-5-27)17-7-16(20)24-11-25-17/h6-8,11,14H,2-5,9-10H2,1H3,(H,22,29)/t14-/m0/s1. The number of carbonyl (C=O) groups is 2. The molecule has 2 saturated heterocycles. The first kappa shape index (κ1) is 21.0. The number of pyridine rings is 1. The average Bonchev–Trinajstić information content (AvgIpc) is 3.13. The third-order valence-corrected chi connectivity index (χ3v) is 5.30. The highest BCUT2D eigenvalue weighted by atomic mass is 35.5. The van der Waals surface area contributed by atoms with Crippen molar-refractivity contribution in [1.29, 1.82) is 0 Å². The summed E-state index contributed by atoms with van der Waals surface area (Å²) in [4.78, 5) is 40.7. The molecule has 1 atom stereocenters. The molecule has 0 unspecified atom stereocenters. The summed E-state index contributed by atoms with van der Waals surface area (Å²) in [5.74, 6) is 0.222. The minimum atomic E-state index is -0.596. The molecule has 2 aromatic rings. The van der Waals surface area contributed by atoms with Crippen LogP contribution in [-0.4, -0.2) is 72.3 Å². The Morgan fingerprint density at radius 3 is 2.65 bits per heavy atom. The van der Waals surface area contributed by atoms with Gasteiger partial charge in [-0.25, -0.2) is 24.1 Å². The van der Waals surface area contributed by atoms with Gasteiger partial charge in [0.05, 0.1) is 25.0 Å². The van der Waals surface area contributed by atoms with E-state index >= 15 is 0 Å². The molecule has 4 rings (SSSR count). The van der Waals surface area contributed by atoms with Gasteiger partial charge in [0, 0.05) is 45.2 Å². The van der Waals surface area contributed by atoms with Crippen molar-refractivity contribution in [3.05, 3.63) is 35.6 Å². The lowest BCUT2D eigenvalue weighted by Gasteiger charge is -2.36. The zero-order chi connectivity index (χ0) is 22.0. The summed E-state index contributed by atoms with van der Waals surface area (Å²) in [6.45, 7) is 4.14. The second-order valence-corrected chi connectivity index (χ2v) is 7.61. The van der Waals surface area contributed by atoms with Gasteiger partial charge in [0.25, 0.3) is 0 Å². The summed E-state index contributed by atoms with van der Waals surface area (Å²) in [6.07, 6.45) is 1.77. The monoisotopic (exact) mass is 449 g/mol. The van der Waals surface area contributed by atoms with E-state index in [1.165, 1.54) is 30.4 Å². The van der Waals surface area contributed by atoms with Gasteiger partial charge in [0.15, 0.2) is 11.6 Å². The third-order valence-electron chi connectivity index (χ3n) is 5.09. The fraction of sp³-hybridized carbons (Fsp3) is 0.421. The molecular weight excluding hydrogens is 429 g/mol. The average molecular weight is 450 g/mol. The van der Waals surface area contributed by atoms with Gasteiger partial charge in [0.1, 0.15) is 23.4 Å². The lowest BCUT2D eigenvalue weighted by atomic mass is 10.2. The van der Waals surface area contributed by atoms with E-state index in [0.717, 1.165) is 5.82 Å². The van der Waals surface area contributed by atoms with Gasteiger partial charge in [0.2, 0.25) is 5.91 Å². The van der Waals surface area contributed by atoms with E-state index in [9.17, 15) is 14.0 Å². The number of cyclic esters (lactones) is 1. The zero-order valence-electron chi connectivity index (χ0n) is 16.8. The number of halogens is 2. The van der Waals surface area contributed by atoms with Crippen molar-refractivity contribution in [2.24, 2.45) is 0 Å². The van der Waals surface area contributed by atoms with Crippen LogP contribution in [0.3, 0.4) is 0 Å². The molecule has 0 saturated carbocycles. The predicted molar refractivity (Wildman–Crippen MR) is 112 cm³/mol. The fourth-order valence-corrected chi connectivity index (χ4v) is 3.68. The Morgan fingerprint density at radius 2 is 1.97 bits per heavy atom. The van der Waals surface area contributed by atoms with Gasteiger partial charge in [-0.1, -0.05) is 11.6 Å². The molecule has 31 heavy (non-hydrogen) atoms. The van der Waals surface area contributed by atoms with Crippen molar-refractivity contribution in [1.82, 2.24) is 20.3 Å². The minimum Gasteiger partial charge on any atom is -0.442 e. The van der Waals surface area contributed by atoms with Crippen molar-refractivity contribution in [2.75, 3.05) is 54.0 Å². The van der Waals surface area contributed by atoms with Gasteiger partial charge >= 0.3 is 6.09 Å². The largest absolute Gasteiger partial charge is 0.442 e. The number of piperazine rings is 1. The van der Waals surface area contributed by atoms with Crippen LogP contribution < -0.4 is 20.0 Å². The van der Waals surface area contributed by atoms with Crippen LogP contribution in [-0.2, 0) is 9.53 Å². The number of hydrogen-bond acceptors (Lipinski definition) is 8. The molecule has 2 amide bonds. The molecule has 2 aliphatic heterocycles. The summed E-state index contributed by atoms with van der Waals surface area (Å²) in [5, 5.41) is 2.97. The highest BCUT2D eigenvalue weighted by molar-refractivity contribution is 6.29.